The predicted octanol–water partition coefficient (Wildman–Crippen LogP) is 1.15. The number of nitrogens with zero attached hydrogens (tertiary/aromatic N) is 2. The fourth-order valence-electron chi connectivity index (χ4n) is 2.29. The normalized spacial score (nSPS) is 15.8. The van der Waals surface area contributed by atoms with E-state index in [1.807, 2.05) is 0 Å². The van der Waals surface area contributed by atoms with Crippen molar-refractivity contribution in [2.75, 3.05) is 21.2 Å². The van der Waals surface area contributed by atoms with Crippen LogP contribution in [0.2, 0.25) is 0 Å². The highest BCUT2D eigenvalue weighted by atomic mass is 32.1. The molecule has 1 heterocycles. The maximum atomic E-state index is 12.4. The predicted molar refractivity (Wildman–Crippen MR) is 96.8 cm³/mol. The lowest BCUT2D eigenvalue weighted by Gasteiger charge is -2.31. The third kappa shape index (κ3) is 3.52. The van der Waals surface area contributed by atoms with Crippen LogP contribution >= 0.6 is 12.2 Å². The van der Waals surface area contributed by atoms with Crippen LogP contribution in [0.1, 0.15) is 12.5 Å². The van der Waals surface area contributed by atoms with Gasteiger partial charge in [-0.2, -0.15) is 0 Å². The smallest absolute Gasteiger partial charge is 0.344 e. The molecule has 2 amide bonds. The number of benzene rings is 1. The highest BCUT2D eigenvalue weighted by Gasteiger charge is 2.35. The van der Waals surface area contributed by atoms with Gasteiger partial charge in [-0.05, 0) is 31.3 Å². The van der Waals surface area contributed by atoms with Crippen molar-refractivity contribution in [2.45, 2.75) is 13.0 Å². The molecule has 138 valence electrons. The number of rotatable bonds is 5. The largest absolute Gasteiger partial charge is 0.493 e. The Labute approximate surface area is 155 Å². The van der Waals surface area contributed by atoms with Crippen molar-refractivity contribution in [1.29, 1.82) is 0 Å². The number of para-hydroxylation sites is 1. The molecule has 8 nitrogen and oxygen atoms in total. The number of carboxylic acids is 1. The summed E-state index contributed by atoms with van der Waals surface area (Å²) in [7, 11) is 4.34. The molecule has 1 saturated heterocycles. The molecule has 26 heavy (non-hydrogen) atoms. The molecule has 1 aliphatic rings. The Hall–Kier alpha value is -2.94. The van der Waals surface area contributed by atoms with Gasteiger partial charge in [0.25, 0.3) is 11.8 Å². The number of carbonyl (C=O) groups is 3. The van der Waals surface area contributed by atoms with Gasteiger partial charge in [0, 0.05) is 19.7 Å². The van der Waals surface area contributed by atoms with E-state index in [0.29, 0.717) is 5.56 Å². The van der Waals surface area contributed by atoms with Crippen LogP contribution in [0, 0.1) is 0 Å². The highest BCUT2D eigenvalue weighted by Crippen LogP contribution is 2.34. The first-order valence-electron chi connectivity index (χ1n) is 7.57. The Morgan fingerprint density at radius 1 is 1.23 bits per heavy atom. The minimum Gasteiger partial charge on any atom is -0.493 e. The lowest BCUT2D eigenvalue weighted by atomic mass is 10.1. The second kappa shape index (κ2) is 7.52. The van der Waals surface area contributed by atoms with Crippen molar-refractivity contribution in [2.24, 2.45) is 0 Å². The first-order chi connectivity index (χ1) is 12.2. The van der Waals surface area contributed by atoms with Crippen molar-refractivity contribution in [1.82, 2.24) is 9.80 Å². The zero-order chi connectivity index (χ0) is 19.6. The van der Waals surface area contributed by atoms with E-state index in [0.717, 1.165) is 0 Å². The summed E-state index contributed by atoms with van der Waals surface area (Å²) >= 11 is 5.05. The molecule has 0 bridgehead atoms. The van der Waals surface area contributed by atoms with E-state index >= 15 is 0 Å². The molecule has 1 aromatic carbocycles. The zero-order valence-corrected chi connectivity index (χ0v) is 15.5. The van der Waals surface area contributed by atoms with Gasteiger partial charge in [-0.3, -0.25) is 19.4 Å². The van der Waals surface area contributed by atoms with Crippen LogP contribution in [0.25, 0.3) is 6.08 Å². The molecule has 2 rings (SSSR count). The van der Waals surface area contributed by atoms with Gasteiger partial charge >= 0.3 is 5.97 Å². The number of likely N-dealkylation sites (N-methyl/N-ethyl adjacent to an activating group) is 2. The van der Waals surface area contributed by atoms with Gasteiger partial charge in [0.2, 0.25) is 0 Å². The number of ether oxygens (including phenoxy) is 2. The van der Waals surface area contributed by atoms with Crippen molar-refractivity contribution < 1.29 is 29.0 Å². The van der Waals surface area contributed by atoms with Crippen LogP contribution in [0.5, 0.6) is 11.5 Å². The molecule has 1 fully saturated rings. The minimum atomic E-state index is -1.16. The lowest BCUT2D eigenvalue weighted by Crippen LogP contribution is -2.52. The maximum Gasteiger partial charge on any atom is 0.344 e. The second-order valence-corrected chi connectivity index (χ2v) is 5.91. The Morgan fingerprint density at radius 3 is 2.31 bits per heavy atom. The van der Waals surface area contributed by atoms with E-state index in [-0.39, 0.29) is 22.2 Å². The van der Waals surface area contributed by atoms with Gasteiger partial charge in [-0.25, -0.2) is 4.79 Å². The Balaban J connectivity index is 2.55. The molecule has 0 radical (unpaired) electrons. The van der Waals surface area contributed by atoms with Crippen LogP contribution in [0.15, 0.2) is 23.8 Å². The SMILES string of the molecule is COc1cccc(C=C2C(=O)N(C)C(=S)N(C)C2=O)c1O[C@@H](C)C(=O)O. The summed E-state index contributed by atoms with van der Waals surface area (Å²) in [5.74, 6) is -1.88. The van der Waals surface area contributed by atoms with Crippen LogP contribution in [-0.2, 0) is 14.4 Å². The summed E-state index contributed by atoms with van der Waals surface area (Å²) < 4.78 is 10.7. The number of methoxy groups -OCH3 is 1. The Bertz CT molecular complexity index is 793. The average molecular weight is 378 g/mol. The Morgan fingerprint density at radius 2 is 1.81 bits per heavy atom. The van der Waals surface area contributed by atoms with Crippen LogP contribution in [0.4, 0.5) is 0 Å². The highest BCUT2D eigenvalue weighted by molar-refractivity contribution is 7.80. The van der Waals surface area contributed by atoms with Gasteiger partial charge in [-0.15, -0.1) is 0 Å². The quantitative estimate of drug-likeness (QED) is 0.466. The molecular formula is C17H18N2O6S. The van der Waals surface area contributed by atoms with E-state index < -0.39 is 23.9 Å². The van der Waals surface area contributed by atoms with Gasteiger partial charge in [0.05, 0.1) is 7.11 Å². The molecule has 0 spiro atoms. The molecule has 1 atom stereocenters. The third-order valence-corrected chi connectivity index (χ3v) is 4.36. The molecule has 9 heteroatoms. The monoisotopic (exact) mass is 378 g/mol. The minimum absolute atomic E-state index is 0.0961. The molecule has 0 saturated carbocycles. The van der Waals surface area contributed by atoms with E-state index in [1.165, 1.54) is 44.0 Å². The standard InChI is InChI=1S/C17H18N2O6S/c1-9(16(22)23)25-13-10(6-5-7-12(13)24-4)8-11-14(20)18(2)17(26)19(3)15(11)21/h5-9H,1-4H3,(H,22,23)/t9-/m0/s1. The molecule has 0 aromatic heterocycles. The summed E-state index contributed by atoms with van der Waals surface area (Å²) in [6, 6.07) is 4.82. The number of thiocarbonyl (C=S) groups is 1. The number of hydrogen-bond acceptors (Lipinski definition) is 6. The van der Waals surface area contributed by atoms with E-state index in [1.54, 1.807) is 18.2 Å². The summed E-state index contributed by atoms with van der Waals surface area (Å²) in [6.45, 7) is 1.36. The summed E-state index contributed by atoms with van der Waals surface area (Å²) in [5, 5.41) is 9.18. The van der Waals surface area contributed by atoms with E-state index in [9.17, 15) is 14.4 Å². The maximum absolute atomic E-state index is 12.4. The molecule has 0 aliphatic carbocycles. The summed E-state index contributed by atoms with van der Waals surface area (Å²) in [6.07, 6.45) is 0.186. The fourth-order valence-corrected chi connectivity index (χ4v) is 2.46. The fraction of sp³-hybridized carbons (Fsp3) is 0.294. The van der Waals surface area contributed by atoms with Gasteiger partial charge in [0.15, 0.2) is 22.7 Å². The van der Waals surface area contributed by atoms with E-state index in [4.69, 9.17) is 26.8 Å². The number of aliphatic carboxylic acids is 1. The number of carbonyl (C=O) groups excluding carboxylic acids is 2. The number of amides is 2. The van der Waals surface area contributed by atoms with E-state index in [2.05, 4.69) is 0 Å². The zero-order valence-electron chi connectivity index (χ0n) is 14.7. The average Bonchev–Trinajstić information content (AvgIpc) is 2.62. The number of hydrogen-bond donors (Lipinski definition) is 1. The topological polar surface area (TPSA) is 96.4 Å². The van der Waals surface area contributed by atoms with Gasteiger partial charge < -0.3 is 14.6 Å². The Kier molecular flexibility index (Phi) is 5.61. The van der Waals surface area contributed by atoms with Crippen LogP contribution in [0.3, 0.4) is 0 Å². The second-order valence-electron chi connectivity index (χ2n) is 5.55. The van der Waals surface area contributed by atoms with Crippen molar-refractivity contribution >= 4 is 41.2 Å². The first-order valence-corrected chi connectivity index (χ1v) is 7.98. The lowest BCUT2D eigenvalue weighted by molar-refractivity contribution is -0.144. The molecular weight excluding hydrogens is 360 g/mol. The first kappa shape index (κ1) is 19.4. The summed E-state index contributed by atoms with van der Waals surface area (Å²) in [5.41, 5.74) is 0.216. The molecule has 1 aliphatic heterocycles. The summed E-state index contributed by atoms with van der Waals surface area (Å²) in [4.78, 5) is 38.4. The van der Waals surface area contributed by atoms with Gasteiger partial charge in [-0.1, -0.05) is 12.1 Å². The molecule has 1 N–H and O–H groups in total. The third-order valence-electron chi connectivity index (χ3n) is 3.82. The molecule has 1 aromatic rings. The van der Waals surface area contributed by atoms with Gasteiger partial charge in [0.1, 0.15) is 5.57 Å². The number of carboxylic acid groups (broad SMARTS) is 1. The van der Waals surface area contributed by atoms with Crippen LogP contribution < -0.4 is 9.47 Å². The molecule has 0 unspecified atom stereocenters. The van der Waals surface area contributed by atoms with Crippen molar-refractivity contribution in [3.8, 4) is 11.5 Å². The van der Waals surface area contributed by atoms with Crippen molar-refractivity contribution in [3.05, 3.63) is 29.3 Å². The van der Waals surface area contributed by atoms with Crippen LogP contribution in [-0.4, -0.2) is 65.1 Å². The van der Waals surface area contributed by atoms with Crippen molar-refractivity contribution in [3.63, 3.8) is 0 Å².